The monoisotopic (exact) mass is 202 g/mol. The van der Waals surface area contributed by atoms with E-state index in [2.05, 4.69) is 4.18 Å². The van der Waals surface area contributed by atoms with Crippen LogP contribution in [0.4, 0.5) is 0 Å². The van der Waals surface area contributed by atoms with Gasteiger partial charge in [0.1, 0.15) is 0 Å². The zero-order chi connectivity index (χ0) is 8.32. The van der Waals surface area contributed by atoms with Gasteiger partial charge in [0.2, 0.25) is 0 Å². The van der Waals surface area contributed by atoms with Crippen LogP contribution in [0.25, 0.3) is 0 Å². The quantitative estimate of drug-likeness (QED) is 0.584. The van der Waals surface area contributed by atoms with Crippen molar-refractivity contribution in [2.75, 3.05) is 19.8 Å². The molecule has 66 valence electrons. The molecule has 1 unspecified atom stereocenters. The van der Waals surface area contributed by atoms with Crippen LogP contribution in [0.2, 0.25) is 0 Å². The molecule has 0 aromatic heterocycles. The minimum absolute atomic E-state index is 0.0892. The molecule has 0 N–H and O–H groups in total. The van der Waals surface area contributed by atoms with Gasteiger partial charge in [0, 0.05) is 10.7 Å². The van der Waals surface area contributed by atoms with Crippen LogP contribution in [0, 0.1) is 0 Å². The van der Waals surface area contributed by atoms with E-state index in [-0.39, 0.29) is 6.61 Å². The molecule has 0 spiro atoms. The van der Waals surface area contributed by atoms with Crippen molar-refractivity contribution in [3.8, 4) is 0 Å². The molecule has 11 heavy (non-hydrogen) atoms. The van der Waals surface area contributed by atoms with Gasteiger partial charge in [-0.15, -0.1) is 0 Å². The van der Waals surface area contributed by atoms with Gasteiger partial charge in [-0.3, -0.25) is 0 Å². The third-order valence-corrected chi connectivity index (χ3v) is 1.67. The second kappa shape index (κ2) is 3.68. The summed E-state index contributed by atoms with van der Waals surface area (Å²) in [5.41, 5.74) is 0. The summed E-state index contributed by atoms with van der Waals surface area (Å²) in [6.07, 6.45) is -0.897. The van der Waals surface area contributed by atoms with Gasteiger partial charge in [-0.2, -0.15) is 8.42 Å². The Kier molecular flexibility index (Phi) is 3.08. The summed E-state index contributed by atoms with van der Waals surface area (Å²) in [5.74, 6) is 0. The maximum absolute atomic E-state index is 10.3. The Balaban J connectivity index is 2.36. The first-order chi connectivity index (χ1) is 5.08. The number of hydrogen-bond acceptors (Lipinski definition) is 5. The molecular weight excluding hydrogens is 196 g/mol. The van der Waals surface area contributed by atoms with Gasteiger partial charge in [0.05, 0.1) is 19.8 Å². The number of ether oxygens (including phenoxy) is 2. The molecular formula is C4H7ClO5S. The fraction of sp³-hybridized carbons (Fsp3) is 1.00. The van der Waals surface area contributed by atoms with Crippen molar-refractivity contribution in [1.82, 2.24) is 0 Å². The molecule has 1 fully saturated rings. The molecule has 1 aliphatic heterocycles. The fourth-order valence-corrected chi connectivity index (χ4v) is 1.26. The molecule has 1 atom stereocenters. The lowest BCUT2D eigenvalue weighted by Gasteiger charge is -2.20. The Morgan fingerprint density at radius 3 is 2.64 bits per heavy atom. The number of rotatable bonds is 2. The normalized spacial score (nSPS) is 26.8. The molecule has 0 bridgehead atoms. The van der Waals surface area contributed by atoms with Gasteiger partial charge in [-0.1, -0.05) is 0 Å². The van der Waals surface area contributed by atoms with Crippen LogP contribution < -0.4 is 0 Å². The van der Waals surface area contributed by atoms with Gasteiger partial charge in [-0.25, -0.2) is 4.18 Å². The maximum atomic E-state index is 10.3. The summed E-state index contributed by atoms with van der Waals surface area (Å²) in [4.78, 5) is 0. The minimum Gasteiger partial charge on any atom is -0.374 e. The van der Waals surface area contributed by atoms with Crippen LogP contribution in [0.1, 0.15) is 0 Å². The second-order valence-electron chi connectivity index (χ2n) is 1.86. The Labute approximate surface area is 68.8 Å². The average Bonchev–Trinajstić information content (AvgIpc) is 1.85. The summed E-state index contributed by atoms with van der Waals surface area (Å²) in [7, 11) is 0.824. The standard InChI is InChI=1S/C4H7ClO5S/c5-11(6,7)10-4-3-8-1-2-9-4/h4H,1-3H2. The number of hydrogen-bond donors (Lipinski definition) is 0. The molecule has 0 saturated carbocycles. The molecule has 0 amide bonds. The van der Waals surface area contributed by atoms with Crippen molar-refractivity contribution in [2.45, 2.75) is 6.29 Å². The Hall–Kier alpha value is 0.120. The van der Waals surface area contributed by atoms with Gasteiger partial charge in [0.25, 0.3) is 0 Å². The maximum Gasteiger partial charge on any atom is 0.358 e. The van der Waals surface area contributed by atoms with Crippen molar-refractivity contribution in [3.05, 3.63) is 0 Å². The van der Waals surface area contributed by atoms with E-state index >= 15 is 0 Å². The molecule has 0 aliphatic carbocycles. The third-order valence-electron chi connectivity index (χ3n) is 1.01. The fourth-order valence-electron chi connectivity index (χ4n) is 0.650. The van der Waals surface area contributed by atoms with Crippen LogP contribution in [0.5, 0.6) is 0 Å². The van der Waals surface area contributed by atoms with Crippen molar-refractivity contribution in [3.63, 3.8) is 0 Å². The predicted molar refractivity (Wildman–Crippen MR) is 36.4 cm³/mol. The molecule has 0 radical (unpaired) electrons. The van der Waals surface area contributed by atoms with Gasteiger partial charge in [0.15, 0.2) is 6.29 Å². The van der Waals surface area contributed by atoms with Crippen LogP contribution in [-0.4, -0.2) is 34.5 Å². The van der Waals surface area contributed by atoms with E-state index in [0.29, 0.717) is 13.2 Å². The van der Waals surface area contributed by atoms with E-state index in [0.717, 1.165) is 0 Å². The van der Waals surface area contributed by atoms with E-state index in [1.54, 1.807) is 0 Å². The molecule has 0 aromatic rings. The minimum atomic E-state index is -3.96. The van der Waals surface area contributed by atoms with Crippen LogP contribution >= 0.6 is 10.7 Å². The van der Waals surface area contributed by atoms with E-state index in [1.807, 2.05) is 0 Å². The summed E-state index contributed by atoms with van der Waals surface area (Å²) < 4.78 is 34.6. The zero-order valence-electron chi connectivity index (χ0n) is 5.53. The van der Waals surface area contributed by atoms with Crippen LogP contribution in [0.3, 0.4) is 0 Å². The van der Waals surface area contributed by atoms with Crippen LogP contribution in [-0.2, 0) is 23.0 Å². The molecule has 1 saturated heterocycles. The SMILES string of the molecule is O=S(=O)(Cl)OC1COCCO1. The lowest BCUT2D eigenvalue weighted by atomic mass is 10.6. The molecule has 0 aromatic carbocycles. The van der Waals surface area contributed by atoms with E-state index in [9.17, 15) is 8.42 Å². The summed E-state index contributed by atoms with van der Waals surface area (Å²) in [6, 6.07) is 0. The zero-order valence-corrected chi connectivity index (χ0v) is 7.10. The second-order valence-corrected chi connectivity index (χ2v) is 3.98. The van der Waals surface area contributed by atoms with Crippen molar-refractivity contribution in [2.24, 2.45) is 0 Å². The highest BCUT2D eigenvalue weighted by Crippen LogP contribution is 2.08. The highest BCUT2D eigenvalue weighted by atomic mass is 35.7. The largest absolute Gasteiger partial charge is 0.374 e. The smallest absolute Gasteiger partial charge is 0.358 e. The molecule has 7 heteroatoms. The highest BCUT2D eigenvalue weighted by Gasteiger charge is 2.20. The topological polar surface area (TPSA) is 61.8 Å². The molecule has 5 nitrogen and oxygen atoms in total. The van der Waals surface area contributed by atoms with Gasteiger partial charge in [-0.05, 0) is 0 Å². The molecule has 1 rings (SSSR count). The van der Waals surface area contributed by atoms with Crippen molar-refractivity contribution >= 4 is 20.0 Å². The Bertz CT molecular complexity index is 207. The van der Waals surface area contributed by atoms with Crippen molar-refractivity contribution < 1.29 is 22.1 Å². The molecule has 1 aliphatic rings. The first-order valence-corrected chi connectivity index (χ1v) is 5.13. The van der Waals surface area contributed by atoms with E-state index < -0.39 is 15.6 Å². The first kappa shape index (κ1) is 9.21. The van der Waals surface area contributed by atoms with Crippen LogP contribution in [0.15, 0.2) is 0 Å². The third kappa shape index (κ3) is 3.88. The average molecular weight is 203 g/mol. The lowest BCUT2D eigenvalue weighted by molar-refractivity contribution is -0.167. The summed E-state index contributed by atoms with van der Waals surface area (Å²) in [6.45, 7) is 0.852. The molecule has 1 heterocycles. The van der Waals surface area contributed by atoms with Crippen molar-refractivity contribution in [1.29, 1.82) is 0 Å². The highest BCUT2D eigenvalue weighted by molar-refractivity contribution is 8.10. The summed E-state index contributed by atoms with van der Waals surface area (Å²) >= 11 is 0. The van der Waals surface area contributed by atoms with Gasteiger partial charge >= 0.3 is 9.33 Å². The number of halogens is 1. The van der Waals surface area contributed by atoms with Gasteiger partial charge < -0.3 is 9.47 Å². The summed E-state index contributed by atoms with van der Waals surface area (Å²) in [5, 5.41) is 0. The first-order valence-electron chi connectivity index (χ1n) is 2.90. The predicted octanol–water partition coefficient (Wildman–Crippen LogP) is -0.140. The Morgan fingerprint density at radius 1 is 1.45 bits per heavy atom. The Morgan fingerprint density at radius 2 is 2.18 bits per heavy atom. The van der Waals surface area contributed by atoms with E-state index in [1.165, 1.54) is 0 Å². The van der Waals surface area contributed by atoms with E-state index in [4.69, 9.17) is 20.2 Å². The lowest BCUT2D eigenvalue weighted by Crippen LogP contribution is -2.31.